The number of carbonyl (C=O) groups is 2. The summed E-state index contributed by atoms with van der Waals surface area (Å²) in [6, 6.07) is 10.6. The van der Waals surface area contributed by atoms with Crippen LogP contribution in [0.4, 0.5) is 5.69 Å². The summed E-state index contributed by atoms with van der Waals surface area (Å²) in [5.74, 6) is -0.827. The van der Waals surface area contributed by atoms with E-state index in [9.17, 15) is 14.7 Å². The van der Waals surface area contributed by atoms with E-state index in [4.69, 9.17) is 14.2 Å². The average Bonchev–Trinajstić information content (AvgIpc) is 2.71. The van der Waals surface area contributed by atoms with Crippen molar-refractivity contribution in [2.45, 2.75) is 26.2 Å². The number of para-hydroxylation sites is 1. The average molecular weight is 413 g/mol. The van der Waals surface area contributed by atoms with Gasteiger partial charge in [-0.2, -0.15) is 0 Å². The van der Waals surface area contributed by atoms with Gasteiger partial charge in [-0.15, -0.1) is 0 Å². The van der Waals surface area contributed by atoms with Crippen molar-refractivity contribution in [3.63, 3.8) is 0 Å². The molecule has 2 rings (SSSR count). The van der Waals surface area contributed by atoms with Crippen molar-refractivity contribution >= 4 is 23.6 Å². The number of hydrogen-bond acceptors (Lipinski definition) is 6. The zero-order valence-electron chi connectivity index (χ0n) is 17.8. The number of anilines is 1. The second-order valence-electron chi connectivity index (χ2n) is 7.56. The summed E-state index contributed by atoms with van der Waals surface area (Å²) < 4.78 is 15.2. The van der Waals surface area contributed by atoms with Crippen LogP contribution in [0.25, 0.3) is 6.08 Å². The first kappa shape index (κ1) is 22.8. The van der Waals surface area contributed by atoms with E-state index >= 15 is 0 Å². The second kappa shape index (κ2) is 9.82. The number of phenols is 1. The van der Waals surface area contributed by atoms with Gasteiger partial charge >= 0.3 is 5.97 Å². The summed E-state index contributed by atoms with van der Waals surface area (Å²) in [6.45, 7) is 5.74. The van der Waals surface area contributed by atoms with Crippen molar-refractivity contribution < 1.29 is 28.9 Å². The van der Waals surface area contributed by atoms with Crippen LogP contribution in [0.3, 0.4) is 0 Å². The van der Waals surface area contributed by atoms with Crippen molar-refractivity contribution in [2.75, 3.05) is 26.1 Å². The van der Waals surface area contributed by atoms with Gasteiger partial charge in [-0.1, -0.05) is 39.0 Å². The van der Waals surface area contributed by atoms with Crippen LogP contribution >= 0.6 is 0 Å². The SMILES string of the molecule is COc1cc(C=CC(=O)OCC(=O)Nc2ccccc2C(C)(C)C)cc(OC)c1O. The summed E-state index contributed by atoms with van der Waals surface area (Å²) >= 11 is 0. The number of amides is 1. The molecule has 0 aliphatic rings. The topological polar surface area (TPSA) is 94.1 Å². The zero-order chi connectivity index (χ0) is 22.3. The Morgan fingerprint density at radius 3 is 2.23 bits per heavy atom. The van der Waals surface area contributed by atoms with Gasteiger partial charge in [-0.3, -0.25) is 4.79 Å². The second-order valence-corrected chi connectivity index (χ2v) is 7.56. The summed E-state index contributed by atoms with van der Waals surface area (Å²) in [5.41, 5.74) is 2.09. The zero-order valence-corrected chi connectivity index (χ0v) is 17.8. The molecule has 0 aliphatic carbocycles. The van der Waals surface area contributed by atoms with Crippen LogP contribution in [0.5, 0.6) is 17.2 Å². The molecule has 7 heteroatoms. The van der Waals surface area contributed by atoms with Gasteiger partial charge in [0.2, 0.25) is 5.75 Å². The lowest BCUT2D eigenvalue weighted by atomic mass is 9.86. The lowest BCUT2D eigenvalue weighted by molar-refractivity contribution is -0.142. The minimum Gasteiger partial charge on any atom is -0.502 e. The maximum atomic E-state index is 12.2. The highest BCUT2D eigenvalue weighted by Crippen LogP contribution is 2.37. The molecule has 0 bridgehead atoms. The van der Waals surface area contributed by atoms with Crippen molar-refractivity contribution in [1.82, 2.24) is 0 Å². The molecule has 0 aliphatic heterocycles. The molecule has 0 heterocycles. The number of nitrogens with one attached hydrogen (secondary N) is 1. The molecule has 0 radical (unpaired) electrons. The molecule has 0 spiro atoms. The normalized spacial score (nSPS) is 11.2. The van der Waals surface area contributed by atoms with Crippen LogP contribution in [0, 0.1) is 0 Å². The van der Waals surface area contributed by atoms with E-state index in [1.165, 1.54) is 38.5 Å². The van der Waals surface area contributed by atoms with E-state index in [0.29, 0.717) is 11.3 Å². The Kier molecular flexibility index (Phi) is 7.47. The monoisotopic (exact) mass is 413 g/mol. The molecule has 0 saturated carbocycles. The first-order chi connectivity index (χ1) is 14.2. The number of aromatic hydroxyl groups is 1. The Morgan fingerprint density at radius 2 is 1.67 bits per heavy atom. The predicted octanol–water partition coefficient (Wildman–Crippen LogP) is 3.90. The highest BCUT2D eigenvalue weighted by Gasteiger charge is 2.18. The molecule has 0 fully saturated rings. The van der Waals surface area contributed by atoms with Crippen LogP contribution in [0.15, 0.2) is 42.5 Å². The minimum atomic E-state index is -0.680. The van der Waals surface area contributed by atoms with Gasteiger partial charge < -0.3 is 24.6 Å². The Labute approximate surface area is 176 Å². The van der Waals surface area contributed by atoms with E-state index in [2.05, 4.69) is 26.1 Å². The molecule has 0 aromatic heterocycles. The molecule has 2 aromatic rings. The van der Waals surface area contributed by atoms with Crippen LogP contribution in [0.2, 0.25) is 0 Å². The lowest BCUT2D eigenvalue weighted by Gasteiger charge is -2.22. The number of ether oxygens (including phenoxy) is 3. The largest absolute Gasteiger partial charge is 0.502 e. The predicted molar refractivity (Wildman–Crippen MR) is 115 cm³/mol. The first-order valence-corrected chi connectivity index (χ1v) is 9.35. The third-order valence-corrected chi connectivity index (χ3v) is 4.27. The maximum Gasteiger partial charge on any atom is 0.331 e. The fourth-order valence-electron chi connectivity index (χ4n) is 2.79. The van der Waals surface area contributed by atoms with Gasteiger partial charge in [-0.05, 0) is 40.8 Å². The highest BCUT2D eigenvalue weighted by molar-refractivity contribution is 5.95. The van der Waals surface area contributed by atoms with Crippen LogP contribution < -0.4 is 14.8 Å². The number of methoxy groups -OCH3 is 2. The quantitative estimate of drug-likeness (QED) is 0.528. The molecule has 0 saturated heterocycles. The third-order valence-electron chi connectivity index (χ3n) is 4.27. The van der Waals surface area contributed by atoms with E-state index in [1.807, 2.05) is 24.3 Å². The molecule has 1 amide bonds. The number of carbonyl (C=O) groups excluding carboxylic acids is 2. The van der Waals surface area contributed by atoms with Crippen LogP contribution in [-0.4, -0.2) is 37.8 Å². The minimum absolute atomic E-state index is 0.132. The number of phenolic OH excluding ortho intramolecular Hbond substituents is 1. The van der Waals surface area contributed by atoms with Crippen molar-refractivity contribution in [3.05, 3.63) is 53.6 Å². The molecule has 160 valence electrons. The van der Waals surface area contributed by atoms with E-state index in [0.717, 1.165) is 5.56 Å². The molecule has 0 atom stereocenters. The third kappa shape index (κ3) is 6.01. The summed E-state index contributed by atoms with van der Waals surface area (Å²) in [6.07, 6.45) is 2.65. The Bertz CT molecular complexity index is 918. The number of rotatable bonds is 7. The maximum absolute atomic E-state index is 12.2. The Hall–Kier alpha value is -3.48. The van der Waals surface area contributed by atoms with Crippen LogP contribution in [-0.2, 0) is 19.7 Å². The van der Waals surface area contributed by atoms with Crippen molar-refractivity contribution in [3.8, 4) is 17.2 Å². The summed E-state index contributed by atoms with van der Waals surface area (Å²) in [7, 11) is 2.82. The van der Waals surface area contributed by atoms with Gasteiger partial charge in [-0.25, -0.2) is 4.79 Å². The van der Waals surface area contributed by atoms with Crippen molar-refractivity contribution in [2.24, 2.45) is 0 Å². The standard InChI is InChI=1S/C23H27NO6/c1-23(2,3)16-8-6-7-9-17(16)24-20(25)14-30-21(26)11-10-15-12-18(28-4)22(27)19(13-15)29-5/h6-13,27H,14H2,1-5H3,(H,24,25). The van der Waals surface area contributed by atoms with Gasteiger partial charge in [0.15, 0.2) is 18.1 Å². The Balaban J connectivity index is 1.98. The van der Waals surface area contributed by atoms with Gasteiger partial charge in [0.1, 0.15) is 0 Å². The molecule has 2 aromatic carbocycles. The summed E-state index contributed by atoms with van der Waals surface area (Å²) in [5, 5.41) is 12.7. The number of hydrogen-bond donors (Lipinski definition) is 2. The lowest BCUT2D eigenvalue weighted by Crippen LogP contribution is -2.23. The van der Waals surface area contributed by atoms with E-state index in [-0.39, 0.29) is 22.7 Å². The molecule has 0 unspecified atom stereocenters. The van der Waals surface area contributed by atoms with E-state index in [1.54, 1.807) is 0 Å². The van der Waals surface area contributed by atoms with E-state index < -0.39 is 18.5 Å². The number of esters is 1. The summed E-state index contributed by atoms with van der Waals surface area (Å²) in [4.78, 5) is 24.2. The van der Waals surface area contributed by atoms with Crippen LogP contribution in [0.1, 0.15) is 31.9 Å². The number of benzene rings is 2. The molecular weight excluding hydrogens is 386 g/mol. The molecular formula is C23H27NO6. The smallest absolute Gasteiger partial charge is 0.331 e. The van der Waals surface area contributed by atoms with Gasteiger partial charge in [0.05, 0.1) is 14.2 Å². The first-order valence-electron chi connectivity index (χ1n) is 9.35. The fourth-order valence-corrected chi connectivity index (χ4v) is 2.79. The molecule has 30 heavy (non-hydrogen) atoms. The molecule has 2 N–H and O–H groups in total. The van der Waals surface area contributed by atoms with Gasteiger partial charge in [0.25, 0.3) is 5.91 Å². The molecule has 7 nitrogen and oxygen atoms in total. The highest BCUT2D eigenvalue weighted by atomic mass is 16.5. The fraction of sp³-hybridized carbons (Fsp3) is 0.304. The van der Waals surface area contributed by atoms with Crippen molar-refractivity contribution in [1.29, 1.82) is 0 Å². The van der Waals surface area contributed by atoms with Gasteiger partial charge in [0, 0.05) is 11.8 Å². The Morgan fingerprint density at radius 1 is 1.07 bits per heavy atom.